The summed E-state index contributed by atoms with van der Waals surface area (Å²) < 4.78 is 8.91. The van der Waals surface area contributed by atoms with Crippen LogP contribution in [0, 0.1) is 0 Å². The van der Waals surface area contributed by atoms with E-state index in [0.29, 0.717) is 5.13 Å². The number of halogens is 1. The maximum atomic E-state index is 12.5. The molecule has 0 bridgehead atoms. The third-order valence-electron chi connectivity index (χ3n) is 4.89. The van der Waals surface area contributed by atoms with E-state index >= 15 is 0 Å². The number of aromatic nitrogens is 4. The lowest BCUT2D eigenvalue weighted by Crippen LogP contribution is -2.19. The number of rotatable bonds is 8. The third kappa shape index (κ3) is 5.74. The van der Waals surface area contributed by atoms with Crippen molar-refractivity contribution < 1.29 is 9.53 Å². The second-order valence-electron chi connectivity index (χ2n) is 7.62. The number of carbonyl (C=O) groups is 1. The van der Waals surface area contributed by atoms with Gasteiger partial charge in [0.2, 0.25) is 5.91 Å². The van der Waals surface area contributed by atoms with Crippen molar-refractivity contribution in [1.82, 2.24) is 19.7 Å². The maximum Gasteiger partial charge on any atom is 0.236 e. The largest absolute Gasteiger partial charge is 0.376 e. The summed E-state index contributed by atoms with van der Waals surface area (Å²) in [6, 6.07) is 7.94. The van der Waals surface area contributed by atoms with Crippen molar-refractivity contribution in [3.63, 3.8) is 0 Å². The summed E-state index contributed by atoms with van der Waals surface area (Å²) >= 11 is 6.25. The van der Waals surface area contributed by atoms with E-state index in [0.717, 1.165) is 52.7 Å². The zero-order valence-corrected chi connectivity index (χ0v) is 20.6. The lowest BCUT2D eigenvalue weighted by molar-refractivity contribution is -0.113. The van der Waals surface area contributed by atoms with Gasteiger partial charge in [0.05, 0.1) is 24.1 Å². The summed E-state index contributed by atoms with van der Waals surface area (Å²) in [7, 11) is 0. The molecule has 1 saturated heterocycles. The fourth-order valence-electron chi connectivity index (χ4n) is 3.37. The summed E-state index contributed by atoms with van der Waals surface area (Å²) in [5.41, 5.74) is 1.86. The Morgan fingerprint density at radius 2 is 2.16 bits per heavy atom. The molecular formula is C21H24BrN5O2S2. The van der Waals surface area contributed by atoms with Gasteiger partial charge in [-0.05, 0) is 25.0 Å². The molecule has 0 saturated carbocycles. The molecule has 31 heavy (non-hydrogen) atoms. The number of amides is 1. The molecule has 1 unspecified atom stereocenters. The Bertz CT molecular complexity index is 1030. The van der Waals surface area contributed by atoms with Crippen LogP contribution in [0.15, 0.2) is 39.3 Å². The van der Waals surface area contributed by atoms with Crippen LogP contribution in [-0.2, 0) is 16.1 Å². The molecule has 10 heteroatoms. The first-order valence-corrected chi connectivity index (χ1v) is 12.8. The van der Waals surface area contributed by atoms with E-state index in [1.807, 2.05) is 29.6 Å². The van der Waals surface area contributed by atoms with Crippen LogP contribution in [0.3, 0.4) is 0 Å². The number of carbonyl (C=O) groups excluding carboxylic acids is 1. The van der Waals surface area contributed by atoms with Gasteiger partial charge in [-0.15, -0.1) is 21.5 Å². The number of thioether (sulfide) groups is 1. The van der Waals surface area contributed by atoms with E-state index in [4.69, 9.17) is 4.74 Å². The van der Waals surface area contributed by atoms with E-state index in [1.54, 1.807) is 0 Å². The minimum Gasteiger partial charge on any atom is -0.376 e. The molecule has 4 rings (SSSR count). The molecule has 1 N–H and O–H groups in total. The van der Waals surface area contributed by atoms with Gasteiger partial charge >= 0.3 is 0 Å². The number of nitrogens with one attached hydrogen (secondary N) is 1. The Balaban J connectivity index is 1.37. The van der Waals surface area contributed by atoms with E-state index in [-0.39, 0.29) is 23.7 Å². The summed E-state index contributed by atoms with van der Waals surface area (Å²) in [6.07, 6.45) is 2.32. The van der Waals surface area contributed by atoms with Crippen molar-refractivity contribution in [2.75, 3.05) is 17.7 Å². The van der Waals surface area contributed by atoms with Crippen molar-refractivity contribution in [1.29, 1.82) is 0 Å². The number of hydrogen-bond donors (Lipinski definition) is 1. The average Bonchev–Trinajstić information content (AvgIpc) is 3.49. The fourth-order valence-corrected chi connectivity index (χ4v) is 5.12. The van der Waals surface area contributed by atoms with Crippen molar-refractivity contribution >= 4 is 50.1 Å². The molecule has 2 aromatic heterocycles. The van der Waals surface area contributed by atoms with E-state index in [1.165, 1.54) is 23.1 Å². The van der Waals surface area contributed by atoms with Crippen molar-refractivity contribution in [2.24, 2.45) is 0 Å². The topological polar surface area (TPSA) is 81.9 Å². The number of benzene rings is 1. The van der Waals surface area contributed by atoms with Crippen LogP contribution in [0.5, 0.6) is 0 Å². The molecule has 1 aliphatic heterocycles. The van der Waals surface area contributed by atoms with E-state index in [9.17, 15) is 4.79 Å². The lowest BCUT2D eigenvalue weighted by atomic mass is 10.2. The first-order chi connectivity index (χ1) is 15.0. The summed E-state index contributed by atoms with van der Waals surface area (Å²) in [5.74, 6) is 1.32. The highest BCUT2D eigenvalue weighted by Crippen LogP contribution is 2.27. The summed E-state index contributed by atoms with van der Waals surface area (Å²) in [6.45, 7) is 5.74. The van der Waals surface area contributed by atoms with Crippen LogP contribution in [-0.4, -0.2) is 44.1 Å². The number of hydrogen-bond acceptors (Lipinski definition) is 7. The first-order valence-electron chi connectivity index (χ1n) is 10.2. The molecule has 7 nitrogen and oxygen atoms in total. The normalized spacial score (nSPS) is 16.2. The molecule has 3 aromatic rings. The van der Waals surface area contributed by atoms with Gasteiger partial charge in [0.15, 0.2) is 10.3 Å². The molecule has 1 atom stereocenters. The highest BCUT2D eigenvalue weighted by atomic mass is 79.9. The first kappa shape index (κ1) is 22.4. The molecule has 164 valence electrons. The van der Waals surface area contributed by atoms with E-state index in [2.05, 4.69) is 54.8 Å². The Kier molecular flexibility index (Phi) is 7.42. The summed E-state index contributed by atoms with van der Waals surface area (Å²) in [4.78, 5) is 17.0. The molecule has 3 heterocycles. The minimum atomic E-state index is -0.112. The summed E-state index contributed by atoms with van der Waals surface area (Å²) in [5, 5.41) is 14.9. The smallest absolute Gasteiger partial charge is 0.236 e. The van der Waals surface area contributed by atoms with Crippen LogP contribution >= 0.6 is 39.0 Å². The van der Waals surface area contributed by atoms with E-state index < -0.39 is 0 Å². The zero-order valence-electron chi connectivity index (χ0n) is 17.4. The third-order valence-corrected chi connectivity index (χ3v) is 7.15. The molecule has 0 radical (unpaired) electrons. The Labute approximate surface area is 198 Å². The SMILES string of the molecule is CC(C)c1nnc(SCC(=O)Nc2nc(-c3ccc(Br)cc3)cs2)n1CC1CCCO1. The molecule has 1 fully saturated rings. The lowest BCUT2D eigenvalue weighted by Gasteiger charge is -2.15. The maximum absolute atomic E-state index is 12.5. The Morgan fingerprint density at radius 3 is 2.87 bits per heavy atom. The highest BCUT2D eigenvalue weighted by molar-refractivity contribution is 9.10. The standard InChI is InChI=1S/C21H24BrN5O2S2/c1-13(2)19-25-26-21(27(19)10-16-4-3-9-29-16)31-12-18(28)24-20-23-17(11-30-20)14-5-7-15(22)8-6-14/h5-8,11,13,16H,3-4,9-10,12H2,1-2H3,(H,23,24,28). The number of nitrogens with zero attached hydrogens (tertiary/aromatic N) is 4. The van der Waals surface area contributed by atoms with Crippen LogP contribution < -0.4 is 5.32 Å². The quantitative estimate of drug-likeness (QED) is 0.410. The average molecular weight is 522 g/mol. The van der Waals surface area contributed by atoms with Crippen molar-refractivity contribution in [2.45, 2.75) is 50.4 Å². The number of thiazole rings is 1. The van der Waals surface area contributed by atoms with Crippen LogP contribution in [0.1, 0.15) is 38.4 Å². The molecule has 1 aliphatic rings. The predicted molar refractivity (Wildman–Crippen MR) is 128 cm³/mol. The van der Waals surface area contributed by atoms with Gasteiger partial charge in [-0.25, -0.2) is 4.98 Å². The van der Waals surface area contributed by atoms with Gasteiger partial charge in [-0.3, -0.25) is 4.79 Å². The van der Waals surface area contributed by atoms with Crippen molar-refractivity contribution in [3.8, 4) is 11.3 Å². The minimum absolute atomic E-state index is 0.112. The van der Waals surface area contributed by atoms with Crippen LogP contribution in [0.25, 0.3) is 11.3 Å². The monoisotopic (exact) mass is 521 g/mol. The van der Waals surface area contributed by atoms with Gasteiger partial charge < -0.3 is 14.6 Å². The number of ether oxygens (including phenoxy) is 1. The van der Waals surface area contributed by atoms with Crippen LogP contribution in [0.2, 0.25) is 0 Å². The van der Waals surface area contributed by atoms with Gasteiger partial charge in [0.1, 0.15) is 5.82 Å². The van der Waals surface area contributed by atoms with Gasteiger partial charge in [0.25, 0.3) is 0 Å². The van der Waals surface area contributed by atoms with Gasteiger partial charge in [0, 0.05) is 27.9 Å². The Morgan fingerprint density at radius 1 is 1.35 bits per heavy atom. The van der Waals surface area contributed by atoms with Gasteiger partial charge in [-0.2, -0.15) is 0 Å². The fraction of sp³-hybridized carbons (Fsp3) is 0.429. The molecule has 0 spiro atoms. The molecule has 1 aromatic carbocycles. The zero-order chi connectivity index (χ0) is 21.8. The Hall–Kier alpha value is -1.75. The van der Waals surface area contributed by atoms with Crippen molar-refractivity contribution in [3.05, 3.63) is 39.9 Å². The molecule has 0 aliphatic carbocycles. The highest BCUT2D eigenvalue weighted by Gasteiger charge is 2.22. The van der Waals surface area contributed by atoms with Gasteiger partial charge in [-0.1, -0.05) is 53.7 Å². The van der Waals surface area contributed by atoms with Crippen LogP contribution in [0.4, 0.5) is 5.13 Å². The number of anilines is 1. The second kappa shape index (κ2) is 10.2. The molecular weight excluding hydrogens is 498 g/mol. The predicted octanol–water partition coefficient (Wildman–Crippen LogP) is 5.20. The second-order valence-corrected chi connectivity index (χ2v) is 10.3. The molecule has 1 amide bonds.